The van der Waals surface area contributed by atoms with Gasteiger partial charge >= 0.3 is 0 Å². The Balaban J connectivity index is 1.57. The molecule has 3 aromatic rings. The van der Waals surface area contributed by atoms with Gasteiger partial charge in [-0.1, -0.05) is 48.0 Å². The van der Waals surface area contributed by atoms with Crippen LogP contribution in [0.3, 0.4) is 0 Å². The Kier molecular flexibility index (Phi) is 5.77. The number of rotatable bonds is 5. The Morgan fingerprint density at radius 2 is 1.90 bits per heavy atom. The van der Waals surface area contributed by atoms with Gasteiger partial charge in [0, 0.05) is 24.0 Å². The second kappa shape index (κ2) is 8.80. The van der Waals surface area contributed by atoms with E-state index < -0.39 is 5.91 Å². The van der Waals surface area contributed by atoms with E-state index in [0.29, 0.717) is 28.6 Å². The predicted octanol–water partition coefficient (Wildman–Crippen LogP) is 3.82. The SMILES string of the molecule is O=C(CN1C(=O)C(=Cc2ccccc2Cl)Oc2ccccc21)NCc1cccnc1. The number of ether oxygens (including phenoxy) is 1. The van der Waals surface area contributed by atoms with Crippen LogP contribution in [0.4, 0.5) is 5.69 Å². The summed E-state index contributed by atoms with van der Waals surface area (Å²) < 4.78 is 5.82. The Bertz CT molecular complexity index is 1120. The standard InChI is InChI=1S/C23H18ClN3O3/c24-18-8-2-1-7-17(18)12-21-23(29)27(19-9-3-4-10-20(19)30-21)15-22(28)26-14-16-6-5-11-25-13-16/h1-13H,14-15H2,(H,26,28). The molecule has 0 atom stereocenters. The van der Waals surface area contributed by atoms with Gasteiger partial charge in [-0.05, 0) is 41.5 Å². The highest BCUT2D eigenvalue weighted by molar-refractivity contribution is 6.32. The summed E-state index contributed by atoms with van der Waals surface area (Å²) in [6.45, 7) is 0.189. The van der Waals surface area contributed by atoms with Crippen molar-refractivity contribution >= 4 is 35.2 Å². The fourth-order valence-corrected chi connectivity index (χ4v) is 3.25. The first kappa shape index (κ1) is 19.7. The topological polar surface area (TPSA) is 71.5 Å². The average Bonchev–Trinajstić information content (AvgIpc) is 2.77. The molecule has 1 N–H and O–H groups in total. The monoisotopic (exact) mass is 419 g/mol. The summed E-state index contributed by atoms with van der Waals surface area (Å²) in [5, 5.41) is 3.32. The molecule has 0 saturated heterocycles. The molecule has 2 heterocycles. The van der Waals surface area contributed by atoms with E-state index in [1.807, 2.05) is 24.3 Å². The lowest BCUT2D eigenvalue weighted by molar-refractivity contribution is -0.123. The number of hydrogen-bond acceptors (Lipinski definition) is 4. The molecular formula is C23H18ClN3O3. The van der Waals surface area contributed by atoms with Crippen LogP contribution in [0, 0.1) is 0 Å². The molecule has 4 rings (SSSR count). The number of nitrogens with zero attached hydrogens (tertiary/aromatic N) is 2. The number of nitrogens with one attached hydrogen (secondary N) is 1. The van der Waals surface area contributed by atoms with Crippen LogP contribution < -0.4 is 15.0 Å². The highest BCUT2D eigenvalue weighted by Crippen LogP contribution is 2.35. The first-order chi connectivity index (χ1) is 14.6. The van der Waals surface area contributed by atoms with Crippen molar-refractivity contribution in [1.29, 1.82) is 0 Å². The first-order valence-electron chi connectivity index (χ1n) is 9.32. The maximum Gasteiger partial charge on any atom is 0.294 e. The van der Waals surface area contributed by atoms with Crippen LogP contribution in [-0.4, -0.2) is 23.3 Å². The van der Waals surface area contributed by atoms with Gasteiger partial charge in [0.15, 0.2) is 11.5 Å². The molecule has 7 heteroatoms. The second-order valence-corrected chi connectivity index (χ2v) is 7.04. The summed E-state index contributed by atoms with van der Waals surface area (Å²) in [6.07, 6.45) is 4.93. The van der Waals surface area contributed by atoms with E-state index in [0.717, 1.165) is 5.56 Å². The van der Waals surface area contributed by atoms with E-state index in [4.69, 9.17) is 16.3 Å². The third-order valence-corrected chi connectivity index (χ3v) is 4.88. The minimum absolute atomic E-state index is 0.0989. The Labute approximate surface area is 178 Å². The first-order valence-corrected chi connectivity index (χ1v) is 9.70. The normalized spacial score (nSPS) is 14.2. The van der Waals surface area contributed by atoms with E-state index in [-0.39, 0.29) is 18.2 Å². The summed E-state index contributed by atoms with van der Waals surface area (Å²) in [4.78, 5) is 31.1. The Hall–Kier alpha value is -3.64. The maximum atomic E-state index is 13.1. The lowest BCUT2D eigenvalue weighted by Crippen LogP contribution is -2.44. The summed E-state index contributed by atoms with van der Waals surface area (Å²) in [7, 11) is 0. The number of pyridine rings is 1. The number of benzene rings is 2. The van der Waals surface area contributed by atoms with Gasteiger partial charge in [0.2, 0.25) is 5.91 Å². The molecule has 6 nitrogen and oxygen atoms in total. The second-order valence-electron chi connectivity index (χ2n) is 6.63. The number of anilines is 1. The van der Waals surface area contributed by atoms with Crippen LogP contribution in [0.1, 0.15) is 11.1 Å². The molecule has 150 valence electrons. The van der Waals surface area contributed by atoms with Gasteiger partial charge in [0.1, 0.15) is 6.54 Å². The molecule has 0 radical (unpaired) electrons. The van der Waals surface area contributed by atoms with Gasteiger partial charge in [-0.2, -0.15) is 0 Å². The van der Waals surface area contributed by atoms with Gasteiger partial charge in [-0.3, -0.25) is 19.5 Å². The number of halogens is 1. The molecule has 1 aliphatic heterocycles. The molecule has 0 saturated carbocycles. The molecule has 0 spiro atoms. The van der Waals surface area contributed by atoms with Crippen LogP contribution in [0.25, 0.3) is 6.08 Å². The van der Waals surface area contributed by atoms with E-state index in [9.17, 15) is 9.59 Å². The van der Waals surface area contributed by atoms with Crippen LogP contribution in [-0.2, 0) is 16.1 Å². The fraction of sp³-hybridized carbons (Fsp3) is 0.0870. The van der Waals surface area contributed by atoms with Crippen LogP contribution in [0.15, 0.2) is 78.8 Å². The number of aromatic nitrogens is 1. The predicted molar refractivity (Wildman–Crippen MR) is 115 cm³/mol. The summed E-state index contributed by atoms with van der Waals surface area (Å²) in [5.74, 6) is -0.108. The lowest BCUT2D eigenvalue weighted by Gasteiger charge is -2.30. The third kappa shape index (κ3) is 4.34. The third-order valence-electron chi connectivity index (χ3n) is 4.54. The summed E-state index contributed by atoms with van der Waals surface area (Å²) in [6, 6.07) is 17.9. The maximum absolute atomic E-state index is 13.1. The molecule has 2 amide bonds. The van der Waals surface area contributed by atoms with Crippen LogP contribution in [0.2, 0.25) is 5.02 Å². The molecule has 1 aliphatic rings. The van der Waals surface area contributed by atoms with Gasteiger partial charge in [-0.25, -0.2) is 0 Å². The van der Waals surface area contributed by atoms with E-state index in [2.05, 4.69) is 10.3 Å². The fourth-order valence-electron chi connectivity index (χ4n) is 3.06. The number of carbonyl (C=O) groups excluding carboxylic acids is 2. The van der Waals surface area contributed by atoms with E-state index in [1.165, 1.54) is 4.90 Å². The zero-order chi connectivity index (χ0) is 20.9. The van der Waals surface area contributed by atoms with Gasteiger partial charge in [-0.15, -0.1) is 0 Å². The van der Waals surface area contributed by atoms with Crippen molar-refractivity contribution < 1.29 is 14.3 Å². The van der Waals surface area contributed by atoms with Crippen molar-refractivity contribution in [1.82, 2.24) is 10.3 Å². The van der Waals surface area contributed by atoms with E-state index >= 15 is 0 Å². The number of amides is 2. The summed E-state index contributed by atoms with van der Waals surface area (Å²) in [5.41, 5.74) is 2.07. The molecule has 1 aromatic heterocycles. The zero-order valence-corrected chi connectivity index (χ0v) is 16.7. The molecule has 0 unspecified atom stereocenters. The Morgan fingerprint density at radius 1 is 1.10 bits per heavy atom. The van der Waals surface area contributed by atoms with Crippen molar-refractivity contribution in [3.8, 4) is 5.75 Å². The van der Waals surface area contributed by atoms with Gasteiger partial charge in [0.05, 0.1) is 5.69 Å². The van der Waals surface area contributed by atoms with Crippen molar-refractivity contribution in [2.24, 2.45) is 0 Å². The van der Waals surface area contributed by atoms with Crippen molar-refractivity contribution in [2.45, 2.75) is 6.54 Å². The van der Waals surface area contributed by atoms with Gasteiger partial charge in [0.25, 0.3) is 5.91 Å². The number of fused-ring (bicyclic) bond motifs is 1. The van der Waals surface area contributed by atoms with Crippen LogP contribution in [0.5, 0.6) is 5.75 Å². The average molecular weight is 420 g/mol. The van der Waals surface area contributed by atoms with E-state index in [1.54, 1.807) is 54.9 Å². The van der Waals surface area contributed by atoms with Crippen molar-refractivity contribution in [2.75, 3.05) is 11.4 Å². The molecule has 0 aliphatic carbocycles. The molecule has 2 aromatic carbocycles. The molecule has 30 heavy (non-hydrogen) atoms. The molecule has 0 bridgehead atoms. The highest BCUT2D eigenvalue weighted by Gasteiger charge is 2.31. The summed E-state index contributed by atoms with van der Waals surface area (Å²) >= 11 is 6.22. The van der Waals surface area contributed by atoms with Crippen molar-refractivity contribution in [3.63, 3.8) is 0 Å². The van der Waals surface area contributed by atoms with Gasteiger partial charge < -0.3 is 10.1 Å². The lowest BCUT2D eigenvalue weighted by atomic mass is 10.1. The molecular weight excluding hydrogens is 402 g/mol. The quantitative estimate of drug-likeness (QED) is 0.638. The smallest absolute Gasteiger partial charge is 0.294 e. The Morgan fingerprint density at radius 3 is 2.70 bits per heavy atom. The number of carbonyl (C=O) groups is 2. The highest BCUT2D eigenvalue weighted by atomic mass is 35.5. The number of hydrogen-bond donors (Lipinski definition) is 1. The minimum atomic E-state index is -0.412. The minimum Gasteiger partial charge on any atom is -0.449 e. The van der Waals surface area contributed by atoms with Crippen LogP contribution >= 0.6 is 11.6 Å². The number of para-hydroxylation sites is 2. The zero-order valence-electron chi connectivity index (χ0n) is 15.9. The largest absolute Gasteiger partial charge is 0.449 e. The van der Waals surface area contributed by atoms with Crippen molar-refractivity contribution in [3.05, 3.63) is 95.0 Å². The molecule has 0 fully saturated rings.